The summed E-state index contributed by atoms with van der Waals surface area (Å²) in [7, 11) is 5.32. The van der Waals surface area contributed by atoms with Gasteiger partial charge in [-0.05, 0) is 98.5 Å². The van der Waals surface area contributed by atoms with Crippen LogP contribution in [0.1, 0.15) is 31.2 Å². The van der Waals surface area contributed by atoms with Crippen LogP contribution in [0.5, 0.6) is 11.5 Å². The van der Waals surface area contributed by atoms with Crippen LogP contribution in [0.25, 0.3) is 0 Å². The number of anilines is 3. The highest BCUT2D eigenvalue weighted by Gasteiger charge is 2.68. The van der Waals surface area contributed by atoms with Crippen molar-refractivity contribution in [2.75, 3.05) is 35.9 Å². The van der Waals surface area contributed by atoms with E-state index < -0.39 is 58.5 Å². The number of phenolic OH excluding ortho intramolecular Hbond substituents is 1. The van der Waals surface area contributed by atoms with Crippen molar-refractivity contribution in [3.63, 3.8) is 0 Å². The van der Waals surface area contributed by atoms with Gasteiger partial charge < -0.3 is 14.7 Å². The highest BCUT2D eigenvalue weighted by molar-refractivity contribution is 6.32. The number of halogens is 2. The molecule has 6 unspecified atom stereocenters. The van der Waals surface area contributed by atoms with Crippen LogP contribution >= 0.6 is 11.6 Å². The molecule has 3 fully saturated rings. The minimum absolute atomic E-state index is 0.0996. The molecule has 6 atom stereocenters. The van der Waals surface area contributed by atoms with Gasteiger partial charge in [-0.2, -0.15) is 10.2 Å². The summed E-state index contributed by atoms with van der Waals surface area (Å²) in [5.41, 5.74) is 2.35. The van der Waals surface area contributed by atoms with Gasteiger partial charge >= 0.3 is 0 Å². The number of azo groups is 1. The lowest BCUT2D eigenvalue weighted by molar-refractivity contribution is -0.131. The molecule has 0 aromatic heterocycles. The summed E-state index contributed by atoms with van der Waals surface area (Å²) < 4.78 is 19.6. The van der Waals surface area contributed by atoms with E-state index >= 15 is 0 Å². The Balaban J connectivity index is 1.14. The highest BCUT2D eigenvalue weighted by atomic mass is 35.5. The standard InChI is InChI=1S/C42H37ClFN5O6/c1-42-31(39(52)49(41(42)54)26-16-19-33(44)32(43)20-26)21-30-27(36(42)29-6-5-7-34(55-4)37(29)50)17-18-28-35(30)40(53)48(38(28)51)25-14-10-23(11-15-25)46-45-22-8-12-24(13-9-22)47(2)3/h5-17,19-20,28,30-31,35-36,50H,18,21H2,1-4H3. The molecule has 55 heavy (non-hydrogen) atoms. The first-order chi connectivity index (χ1) is 26.3. The Bertz CT molecular complexity index is 2330. The summed E-state index contributed by atoms with van der Waals surface area (Å²) in [4.78, 5) is 61.9. The van der Waals surface area contributed by atoms with E-state index in [-0.39, 0.29) is 41.0 Å². The molecule has 280 valence electrons. The molecule has 4 aliphatic rings. The average molecular weight is 762 g/mol. The number of hydrogen-bond acceptors (Lipinski definition) is 9. The van der Waals surface area contributed by atoms with Gasteiger partial charge in [0, 0.05) is 31.3 Å². The number of rotatable bonds is 7. The van der Waals surface area contributed by atoms with Gasteiger partial charge in [-0.15, -0.1) is 0 Å². The van der Waals surface area contributed by atoms with E-state index in [1.54, 1.807) is 49.4 Å². The molecular formula is C42H37ClFN5O6. The molecule has 2 aliphatic heterocycles. The summed E-state index contributed by atoms with van der Waals surface area (Å²) >= 11 is 6.11. The lowest BCUT2D eigenvalue weighted by atomic mass is 9.51. The Morgan fingerprint density at radius 2 is 1.51 bits per heavy atom. The number of para-hydroxylation sites is 1. The second kappa shape index (κ2) is 13.5. The van der Waals surface area contributed by atoms with Crippen LogP contribution in [-0.4, -0.2) is 49.9 Å². The van der Waals surface area contributed by atoms with E-state index in [2.05, 4.69) is 10.2 Å². The Hall–Kier alpha value is -5.88. The van der Waals surface area contributed by atoms with Crippen molar-refractivity contribution in [1.29, 1.82) is 0 Å². The summed E-state index contributed by atoms with van der Waals surface area (Å²) in [6, 6.07) is 22.9. The molecule has 1 saturated carbocycles. The van der Waals surface area contributed by atoms with Gasteiger partial charge in [0.05, 0.1) is 58.1 Å². The molecular weight excluding hydrogens is 725 g/mol. The molecule has 0 bridgehead atoms. The van der Waals surface area contributed by atoms with Crippen LogP contribution < -0.4 is 19.4 Å². The summed E-state index contributed by atoms with van der Waals surface area (Å²) in [6.07, 6.45) is 2.22. The van der Waals surface area contributed by atoms with Crippen molar-refractivity contribution in [1.82, 2.24) is 0 Å². The van der Waals surface area contributed by atoms with E-state index in [4.69, 9.17) is 16.3 Å². The van der Waals surface area contributed by atoms with Crippen LogP contribution in [0.3, 0.4) is 0 Å². The normalized spacial score (nSPS) is 25.9. The number of carbonyl (C=O) groups is 4. The third-order valence-corrected chi connectivity index (χ3v) is 12.0. The molecule has 0 radical (unpaired) electrons. The second-order valence-corrected chi connectivity index (χ2v) is 15.2. The minimum Gasteiger partial charge on any atom is -0.504 e. The van der Waals surface area contributed by atoms with Gasteiger partial charge in [0.15, 0.2) is 11.5 Å². The maximum absolute atomic E-state index is 14.6. The fraction of sp³-hybridized carbons (Fsp3) is 0.286. The number of methoxy groups -OCH3 is 1. The molecule has 2 saturated heterocycles. The fourth-order valence-electron chi connectivity index (χ4n) is 9.02. The van der Waals surface area contributed by atoms with Gasteiger partial charge in [0.25, 0.3) is 0 Å². The predicted octanol–water partition coefficient (Wildman–Crippen LogP) is 8.11. The Morgan fingerprint density at radius 1 is 0.855 bits per heavy atom. The molecule has 0 spiro atoms. The maximum Gasteiger partial charge on any atom is 0.241 e. The quantitative estimate of drug-likeness (QED) is 0.114. The largest absolute Gasteiger partial charge is 0.504 e. The molecule has 4 aromatic carbocycles. The summed E-state index contributed by atoms with van der Waals surface area (Å²) in [6.45, 7) is 1.70. The van der Waals surface area contributed by atoms with Crippen LogP contribution in [0.4, 0.5) is 32.8 Å². The van der Waals surface area contributed by atoms with Crippen molar-refractivity contribution < 1.29 is 33.4 Å². The number of imide groups is 2. The fourth-order valence-corrected chi connectivity index (χ4v) is 9.20. The van der Waals surface area contributed by atoms with Gasteiger partial charge in [0.1, 0.15) is 5.82 Å². The third-order valence-electron chi connectivity index (χ3n) is 11.8. The lowest BCUT2D eigenvalue weighted by Crippen LogP contribution is -2.48. The zero-order chi connectivity index (χ0) is 38.9. The number of hydrogen-bond donors (Lipinski definition) is 1. The van der Waals surface area contributed by atoms with Crippen molar-refractivity contribution in [2.24, 2.45) is 39.3 Å². The maximum atomic E-state index is 14.6. The number of amides is 4. The van der Waals surface area contributed by atoms with Crippen molar-refractivity contribution in [3.05, 3.63) is 113 Å². The number of benzene rings is 4. The van der Waals surface area contributed by atoms with Gasteiger partial charge in [-0.1, -0.05) is 35.4 Å². The van der Waals surface area contributed by atoms with Crippen molar-refractivity contribution >= 4 is 63.7 Å². The summed E-state index contributed by atoms with van der Waals surface area (Å²) in [5, 5.41) is 19.9. The SMILES string of the molecule is COc1cccc(C2C3=CCC4C(=O)N(c5ccc(N=Nc6ccc(N(C)C)cc6)cc5)C(=O)C4C3CC3C(=O)N(c4ccc(F)c(Cl)c4)C(=O)C32C)c1O. The Morgan fingerprint density at radius 3 is 2.15 bits per heavy atom. The van der Waals surface area contributed by atoms with Crippen LogP contribution in [0, 0.1) is 34.9 Å². The number of nitrogens with zero attached hydrogens (tertiary/aromatic N) is 5. The number of aromatic hydroxyl groups is 1. The number of allylic oxidation sites excluding steroid dienone is 2. The Labute approximate surface area is 321 Å². The van der Waals surface area contributed by atoms with Crippen LogP contribution in [-0.2, 0) is 19.2 Å². The lowest BCUT2D eigenvalue weighted by Gasteiger charge is -2.49. The highest BCUT2D eigenvalue weighted by Crippen LogP contribution is 2.65. The van der Waals surface area contributed by atoms with E-state index in [0.717, 1.165) is 16.7 Å². The second-order valence-electron chi connectivity index (χ2n) is 14.8. The molecule has 1 N–H and O–H groups in total. The first-order valence-electron chi connectivity index (χ1n) is 17.9. The molecule has 2 heterocycles. The first kappa shape index (κ1) is 36.1. The Kier molecular flexibility index (Phi) is 8.83. The van der Waals surface area contributed by atoms with E-state index in [9.17, 15) is 28.7 Å². The average Bonchev–Trinajstić information content (AvgIpc) is 3.55. The predicted molar refractivity (Wildman–Crippen MR) is 205 cm³/mol. The zero-order valence-electron chi connectivity index (χ0n) is 30.4. The zero-order valence-corrected chi connectivity index (χ0v) is 31.2. The first-order valence-corrected chi connectivity index (χ1v) is 18.3. The monoisotopic (exact) mass is 761 g/mol. The topological polar surface area (TPSA) is 132 Å². The summed E-state index contributed by atoms with van der Waals surface area (Å²) in [5.74, 6) is -6.52. The van der Waals surface area contributed by atoms with Gasteiger partial charge in [0.2, 0.25) is 23.6 Å². The van der Waals surface area contributed by atoms with Crippen LogP contribution in [0.2, 0.25) is 5.02 Å². The number of carbonyl (C=O) groups excluding carboxylic acids is 4. The van der Waals surface area contributed by atoms with Crippen LogP contribution in [0.15, 0.2) is 107 Å². The number of fused-ring (bicyclic) bond motifs is 4. The van der Waals surface area contributed by atoms with Gasteiger partial charge in [-0.25, -0.2) is 9.29 Å². The molecule has 4 aromatic rings. The third kappa shape index (κ3) is 5.61. The molecule has 2 aliphatic carbocycles. The van der Waals surface area contributed by atoms with E-state index in [1.165, 1.54) is 24.1 Å². The molecule has 11 nitrogen and oxygen atoms in total. The molecule has 4 amide bonds. The van der Waals surface area contributed by atoms with E-state index in [0.29, 0.717) is 28.2 Å². The number of ether oxygens (including phenoxy) is 1. The number of phenols is 1. The van der Waals surface area contributed by atoms with Crippen molar-refractivity contribution in [2.45, 2.75) is 25.7 Å². The van der Waals surface area contributed by atoms with Crippen molar-refractivity contribution in [3.8, 4) is 11.5 Å². The minimum atomic E-state index is -1.43. The molecule has 13 heteroatoms. The van der Waals surface area contributed by atoms with E-state index in [1.807, 2.05) is 49.3 Å². The smallest absolute Gasteiger partial charge is 0.241 e. The molecule has 8 rings (SSSR count). The van der Waals surface area contributed by atoms with Gasteiger partial charge in [-0.3, -0.25) is 24.1 Å².